The Labute approximate surface area is 175 Å². The first-order chi connectivity index (χ1) is 11.5. The van der Waals surface area contributed by atoms with Gasteiger partial charge < -0.3 is 15.5 Å². The minimum atomic E-state index is -0.286. The molecule has 0 saturated heterocycles. The first-order valence-electron chi connectivity index (χ1n) is 8.25. The van der Waals surface area contributed by atoms with E-state index >= 15 is 0 Å². The van der Waals surface area contributed by atoms with Crippen LogP contribution in [0.4, 0.5) is 4.39 Å². The SMILES string of the molecule is CCNC(=NCc1cc(F)ccc1Br)NCCC(=O)N(CC)CC.I. The second-order valence-corrected chi connectivity index (χ2v) is 6.03. The van der Waals surface area contributed by atoms with Gasteiger partial charge in [-0.3, -0.25) is 4.79 Å². The van der Waals surface area contributed by atoms with Crippen molar-refractivity contribution >= 4 is 51.8 Å². The zero-order valence-electron chi connectivity index (χ0n) is 14.9. The molecule has 0 fully saturated rings. The van der Waals surface area contributed by atoms with Gasteiger partial charge in [-0.2, -0.15) is 0 Å². The summed E-state index contributed by atoms with van der Waals surface area (Å²) in [5.41, 5.74) is 0.770. The van der Waals surface area contributed by atoms with Gasteiger partial charge in [-0.1, -0.05) is 15.9 Å². The van der Waals surface area contributed by atoms with Crippen molar-refractivity contribution in [1.29, 1.82) is 0 Å². The Morgan fingerprint density at radius 1 is 1.24 bits per heavy atom. The molecule has 0 aromatic heterocycles. The highest BCUT2D eigenvalue weighted by Crippen LogP contribution is 2.18. The van der Waals surface area contributed by atoms with Crippen molar-refractivity contribution in [1.82, 2.24) is 15.5 Å². The Bertz CT molecular complexity index is 568. The zero-order valence-corrected chi connectivity index (χ0v) is 18.9. The average molecular weight is 529 g/mol. The highest BCUT2D eigenvalue weighted by atomic mass is 127. The molecular weight excluding hydrogens is 502 g/mol. The third-order valence-electron chi connectivity index (χ3n) is 3.51. The molecule has 1 rings (SSSR count). The summed E-state index contributed by atoms with van der Waals surface area (Å²) in [5.74, 6) is 0.448. The molecule has 0 aliphatic carbocycles. The number of guanidine groups is 1. The van der Waals surface area contributed by atoms with Gasteiger partial charge in [0.05, 0.1) is 6.54 Å². The van der Waals surface area contributed by atoms with Crippen molar-refractivity contribution in [2.45, 2.75) is 33.7 Å². The van der Waals surface area contributed by atoms with Gasteiger partial charge in [0.1, 0.15) is 5.82 Å². The number of benzene rings is 1. The van der Waals surface area contributed by atoms with Crippen LogP contribution in [0.2, 0.25) is 0 Å². The van der Waals surface area contributed by atoms with E-state index in [0.29, 0.717) is 32.0 Å². The summed E-state index contributed by atoms with van der Waals surface area (Å²) >= 11 is 3.40. The summed E-state index contributed by atoms with van der Waals surface area (Å²) in [4.78, 5) is 18.2. The molecule has 0 spiro atoms. The van der Waals surface area contributed by atoms with E-state index in [1.807, 2.05) is 20.8 Å². The predicted molar refractivity (Wildman–Crippen MR) is 115 cm³/mol. The van der Waals surface area contributed by atoms with Crippen molar-refractivity contribution in [2.75, 3.05) is 26.2 Å². The molecule has 1 aromatic carbocycles. The molecule has 0 aliphatic rings. The summed E-state index contributed by atoms with van der Waals surface area (Å²) < 4.78 is 14.1. The van der Waals surface area contributed by atoms with Gasteiger partial charge in [-0.15, -0.1) is 24.0 Å². The smallest absolute Gasteiger partial charge is 0.224 e. The number of halogens is 3. The third kappa shape index (κ3) is 8.84. The fourth-order valence-electron chi connectivity index (χ4n) is 2.19. The van der Waals surface area contributed by atoms with E-state index in [2.05, 4.69) is 31.6 Å². The molecule has 0 saturated carbocycles. The van der Waals surface area contributed by atoms with Crippen LogP contribution in [0.15, 0.2) is 27.7 Å². The van der Waals surface area contributed by atoms with Crippen LogP contribution in [0.5, 0.6) is 0 Å². The van der Waals surface area contributed by atoms with Gasteiger partial charge >= 0.3 is 0 Å². The standard InChI is InChI=1S/C17H26BrFN4O.HI/c1-4-20-17(21-10-9-16(24)23(5-2)6-3)22-12-13-11-14(19)7-8-15(13)18;/h7-8,11H,4-6,9-10,12H2,1-3H3,(H2,20,21,22);1H. The van der Waals surface area contributed by atoms with E-state index in [1.165, 1.54) is 12.1 Å². The number of hydrogen-bond donors (Lipinski definition) is 2. The first kappa shape index (κ1) is 24.1. The van der Waals surface area contributed by atoms with Crippen LogP contribution in [0.1, 0.15) is 32.8 Å². The number of aliphatic imine (C=N–C) groups is 1. The average Bonchev–Trinajstić information content (AvgIpc) is 2.56. The highest BCUT2D eigenvalue weighted by Gasteiger charge is 2.09. The van der Waals surface area contributed by atoms with E-state index in [4.69, 9.17) is 0 Å². The van der Waals surface area contributed by atoms with Crippen LogP contribution in [-0.4, -0.2) is 42.9 Å². The first-order valence-corrected chi connectivity index (χ1v) is 9.04. The summed E-state index contributed by atoms with van der Waals surface area (Å²) in [5, 5.41) is 6.26. The van der Waals surface area contributed by atoms with Crippen LogP contribution in [0.25, 0.3) is 0 Å². The number of nitrogens with zero attached hydrogens (tertiary/aromatic N) is 2. The quantitative estimate of drug-likeness (QED) is 0.308. The molecule has 8 heteroatoms. The van der Waals surface area contributed by atoms with Crippen molar-refractivity contribution < 1.29 is 9.18 Å². The van der Waals surface area contributed by atoms with Gasteiger partial charge in [0, 0.05) is 37.1 Å². The summed E-state index contributed by atoms with van der Waals surface area (Å²) in [7, 11) is 0. The molecule has 5 nitrogen and oxygen atoms in total. The van der Waals surface area contributed by atoms with Crippen LogP contribution in [-0.2, 0) is 11.3 Å². The number of hydrogen-bond acceptors (Lipinski definition) is 2. The fraction of sp³-hybridized carbons (Fsp3) is 0.529. The normalized spacial score (nSPS) is 10.8. The van der Waals surface area contributed by atoms with Crippen LogP contribution < -0.4 is 10.6 Å². The van der Waals surface area contributed by atoms with Crippen LogP contribution in [0.3, 0.4) is 0 Å². The Morgan fingerprint density at radius 3 is 2.52 bits per heavy atom. The molecule has 0 bridgehead atoms. The molecule has 0 radical (unpaired) electrons. The van der Waals surface area contributed by atoms with Gasteiger partial charge in [-0.05, 0) is 44.5 Å². The molecule has 0 heterocycles. The monoisotopic (exact) mass is 528 g/mol. The predicted octanol–water partition coefficient (Wildman–Crippen LogP) is 3.52. The van der Waals surface area contributed by atoms with E-state index in [1.54, 1.807) is 11.0 Å². The minimum Gasteiger partial charge on any atom is -0.357 e. The lowest BCUT2D eigenvalue weighted by Gasteiger charge is -2.19. The van der Waals surface area contributed by atoms with E-state index < -0.39 is 0 Å². The molecule has 1 aromatic rings. The maximum Gasteiger partial charge on any atom is 0.224 e. The van der Waals surface area contributed by atoms with Gasteiger partial charge in [0.2, 0.25) is 5.91 Å². The second kappa shape index (κ2) is 13.3. The highest BCUT2D eigenvalue weighted by molar-refractivity contribution is 14.0. The number of rotatable bonds is 8. The molecule has 25 heavy (non-hydrogen) atoms. The zero-order chi connectivity index (χ0) is 17.9. The van der Waals surface area contributed by atoms with E-state index in [9.17, 15) is 9.18 Å². The van der Waals surface area contributed by atoms with E-state index in [-0.39, 0.29) is 35.7 Å². The van der Waals surface area contributed by atoms with Crippen LogP contribution >= 0.6 is 39.9 Å². The lowest BCUT2D eigenvalue weighted by molar-refractivity contribution is -0.130. The Hall–Kier alpha value is -0.900. The van der Waals surface area contributed by atoms with E-state index in [0.717, 1.165) is 23.1 Å². The summed E-state index contributed by atoms with van der Waals surface area (Å²) in [6.07, 6.45) is 0.412. The van der Waals surface area contributed by atoms with Crippen molar-refractivity contribution in [3.63, 3.8) is 0 Å². The lowest BCUT2D eigenvalue weighted by atomic mass is 10.2. The van der Waals surface area contributed by atoms with Gasteiger partial charge in [0.15, 0.2) is 5.96 Å². The maximum absolute atomic E-state index is 13.3. The Balaban J connectivity index is 0.00000576. The molecule has 0 unspecified atom stereocenters. The number of nitrogens with one attached hydrogen (secondary N) is 2. The molecule has 142 valence electrons. The molecular formula is C17H27BrFIN4O. The van der Waals surface area contributed by atoms with Crippen molar-refractivity contribution in [3.8, 4) is 0 Å². The molecule has 0 atom stereocenters. The Morgan fingerprint density at radius 2 is 1.92 bits per heavy atom. The second-order valence-electron chi connectivity index (χ2n) is 5.17. The van der Waals surface area contributed by atoms with Crippen molar-refractivity contribution in [2.24, 2.45) is 4.99 Å². The number of carbonyl (C=O) groups excluding carboxylic acids is 1. The maximum atomic E-state index is 13.3. The van der Waals surface area contributed by atoms with Gasteiger partial charge in [-0.25, -0.2) is 9.38 Å². The third-order valence-corrected chi connectivity index (χ3v) is 4.28. The number of carbonyl (C=O) groups is 1. The Kier molecular flexibility index (Phi) is 12.8. The van der Waals surface area contributed by atoms with Crippen molar-refractivity contribution in [3.05, 3.63) is 34.1 Å². The largest absolute Gasteiger partial charge is 0.357 e. The molecule has 2 N–H and O–H groups in total. The van der Waals surface area contributed by atoms with Crippen LogP contribution in [0, 0.1) is 5.82 Å². The summed E-state index contributed by atoms with van der Waals surface area (Å²) in [6, 6.07) is 4.53. The molecule has 1 amide bonds. The van der Waals surface area contributed by atoms with Gasteiger partial charge in [0.25, 0.3) is 0 Å². The minimum absolute atomic E-state index is 0. The molecule has 0 aliphatic heterocycles. The topological polar surface area (TPSA) is 56.7 Å². The number of amides is 1. The lowest BCUT2D eigenvalue weighted by Crippen LogP contribution is -2.40. The summed E-state index contributed by atoms with van der Waals surface area (Å²) in [6.45, 7) is 8.91. The fourth-order valence-corrected chi connectivity index (χ4v) is 2.56.